The molecule has 1 aromatic heterocycles. The van der Waals surface area contributed by atoms with Gasteiger partial charge in [-0.05, 0) is 29.4 Å². The Labute approximate surface area is 80.7 Å². The van der Waals surface area contributed by atoms with E-state index >= 15 is 0 Å². The van der Waals surface area contributed by atoms with Crippen LogP contribution in [0, 0.1) is 0 Å². The van der Waals surface area contributed by atoms with E-state index in [9.17, 15) is 4.57 Å². The molecule has 0 amide bonds. The smallest absolute Gasteiger partial charge is 0.194 e. The van der Waals surface area contributed by atoms with Crippen LogP contribution in [0.2, 0.25) is 0 Å². The van der Waals surface area contributed by atoms with E-state index in [1.807, 2.05) is 12.1 Å². The number of furan rings is 1. The van der Waals surface area contributed by atoms with Gasteiger partial charge in [-0.1, -0.05) is 6.07 Å². The summed E-state index contributed by atoms with van der Waals surface area (Å²) in [5.74, 6) is 0. The molecular weight excluding hydrogens is 207 g/mol. The molecule has 0 aliphatic rings. The Hall–Kier alpha value is -0.720. The van der Waals surface area contributed by atoms with Crippen molar-refractivity contribution < 1.29 is 8.98 Å². The van der Waals surface area contributed by atoms with Crippen LogP contribution in [-0.2, 0) is 4.57 Å². The third-order valence-corrected chi connectivity index (χ3v) is 3.69. The minimum atomic E-state index is -2.69. The van der Waals surface area contributed by atoms with Crippen LogP contribution in [0.4, 0.5) is 0 Å². The number of halogens is 1. The topological polar surface area (TPSA) is 30.2 Å². The first-order chi connectivity index (χ1) is 6.07. The SMILES string of the molecule is CP(=O)(Cl)c1ccc2ccoc2c1. The molecule has 2 rings (SSSR count). The quantitative estimate of drug-likeness (QED) is 0.683. The summed E-state index contributed by atoms with van der Waals surface area (Å²) in [6, 6.07) is 7.20. The lowest BCUT2D eigenvalue weighted by Gasteiger charge is -2.02. The standard InChI is InChI=1S/C9H8ClO2P/c1-13(10,11)8-3-2-7-4-5-12-9(7)6-8/h2-6H,1H3. The first-order valence-corrected chi connectivity index (χ1v) is 6.88. The Morgan fingerprint density at radius 3 is 2.85 bits per heavy atom. The fourth-order valence-corrected chi connectivity index (χ4v) is 2.20. The third kappa shape index (κ3) is 1.65. The van der Waals surface area contributed by atoms with Gasteiger partial charge in [0.15, 0.2) is 6.49 Å². The van der Waals surface area contributed by atoms with Gasteiger partial charge in [-0.3, -0.25) is 0 Å². The van der Waals surface area contributed by atoms with Crippen LogP contribution < -0.4 is 5.30 Å². The van der Waals surface area contributed by atoms with E-state index in [1.54, 1.807) is 18.4 Å². The predicted molar refractivity (Wildman–Crippen MR) is 55.2 cm³/mol. The molecular formula is C9H8ClO2P. The van der Waals surface area contributed by atoms with Gasteiger partial charge < -0.3 is 8.98 Å². The summed E-state index contributed by atoms with van der Waals surface area (Å²) in [5, 5.41) is 1.63. The summed E-state index contributed by atoms with van der Waals surface area (Å²) in [6.45, 7) is -1.16. The lowest BCUT2D eigenvalue weighted by Crippen LogP contribution is -1.97. The fourth-order valence-electron chi connectivity index (χ4n) is 1.19. The Kier molecular flexibility index (Phi) is 1.98. The van der Waals surface area contributed by atoms with E-state index in [4.69, 9.17) is 15.7 Å². The average molecular weight is 215 g/mol. The molecule has 2 nitrogen and oxygen atoms in total. The molecule has 4 heteroatoms. The predicted octanol–water partition coefficient (Wildman–Crippen LogP) is 3.20. The van der Waals surface area contributed by atoms with Gasteiger partial charge in [0.05, 0.1) is 6.26 Å². The molecule has 0 saturated carbocycles. The summed E-state index contributed by atoms with van der Waals surface area (Å²) in [4.78, 5) is 0. The zero-order valence-electron chi connectivity index (χ0n) is 7.03. The molecule has 13 heavy (non-hydrogen) atoms. The second-order valence-corrected chi connectivity index (χ2v) is 7.05. The minimum Gasteiger partial charge on any atom is -0.464 e. The lowest BCUT2D eigenvalue weighted by molar-refractivity contribution is 0.593. The highest BCUT2D eigenvalue weighted by Gasteiger charge is 2.14. The van der Waals surface area contributed by atoms with Crippen LogP contribution in [0.15, 0.2) is 34.9 Å². The Morgan fingerprint density at radius 2 is 2.15 bits per heavy atom. The van der Waals surface area contributed by atoms with Gasteiger partial charge in [0, 0.05) is 17.4 Å². The zero-order chi connectivity index (χ0) is 9.47. The molecule has 0 bridgehead atoms. The second kappa shape index (κ2) is 2.90. The van der Waals surface area contributed by atoms with Crippen molar-refractivity contribution in [3.05, 3.63) is 30.5 Å². The molecule has 0 fully saturated rings. The van der Waals surface area contributed by atoms with Gasteiger partial charge in [0.25, 0.3) is 0 Å². The molecule has 1 atom stereocenters. The van der Waals surface area contributed by atoms with Crippen LogP contribution >= 0.6 is 17.7 Å². The van der Waals surface area contributed by atoms with Crippen LogP contribution in [0.1, 0.15) is 0 Å². The van der Waals surface area contributed by atoms with Gasteiger partial charge in [-0.2, -0.15) is 0 Å². The Balaban J connectivity index is 2.67. The summed E-state index contributed by atoms with van der Waals surface area (Å²) in [5.41, 5.74) is 0.722. The van der Waals surface area contributed by atoms with Crippen molar-refractivity contribution in [1.82, 2.24) is 0 Å². The average Bonchev–Trinajstić information content (AvgIpc) is 2.47. The molecule has 0 aliphatic carbocycles. The van der Waals surface area contributed by atoms with Crippen LogP contribution in [-0.4, -0.2) is 6.66 Å². The van der Waals surface area contributed by atoms with Gasteiger partial charge in [0.1, 0.15) is 5.58 Å². The third-order valence-electron chi connectivity index (χ3n) is 1.90. The molecule has 68 valence electrons. The van der Waals surface area contributed by atoms with Crippen molar-refractivity contribution in [3.8, 4) is 0 Å². The summed E-state index contributed by atoms with van der Waals surface area (Å²) in [7, 11) is 0. The number of hydrogen-bond acceptors (Lipinski definition) is 2. The highest BCUT2D eigenvalue weighted by molar-refractivity contribution is 7.94. The number of fused-ring (bicyclic) bond motifs is 1. The normalized spacial score (nSPS) is 15.8. The van der Waals surface area contributed by atoms with Crippen LogP contribution in [0.3, 0.4) is 0 Å². The molecule has 0 aliphatic heterocycles. The molecule has 2 aromatic rings. The first kappa shape index (κ1) is 8.86. The van der Waals surface area contributed by atoms with E-state index < -0.39 is 6.49 Å². The molecule has 0 saturated heterocycles. The number of hydrogen-bond donors (Lipinski definition) is 0. The van der Waals surface area contributed by atoms with E-state index in [2.05, 4.69) is 0 Å². The first-order valence-electron chi connectivity index (χ1n) is 3.82. The van der Waals surface area contributed by atoms with Gasteiger partial charge in [-0.25, -0.2) is 0 Å². The van der Waals surface area contributed by atoms with E-state index in [1.165, 1.54) is 6.66 Å². The maximum absolute atomic E-state index is 11.5. The van der Waals surface area contributed by atoms with Crippen LogP contribution in [0.5, 0.6) is 0 Å². The van der Waals surface area contributed by atoms with Gasteiger partial charge >= 0.3 is 0 Å². The fraction of sp³-hybridized carbons (Fsp3) is 0.111. The Morgan fingerprint density at radius 1 is 1.38 bits per heavy atom. The highest BCUT2D eigenvalue weighted by Crippen LogP contribution is 2.45. The van der Waals surface area contributed by atoms with Gasteiger partial charge in [0.2, 0.25) is 0 Å². The largest absolute Gasteiger partial charge is 0.464 e. The summed E-state index contributed by atoms with van der Waals surface area (Å²) < 4.78 is 16.7. The van der Waals surface area contributed by atoms with Crippen molar-refractivity contribution in [1.29, 1.82) is 0 Å². The second-order valence-electron chi connectivity index (χ2n) is 2.96. The summed E-state index contributed by atoms with van der Waals surface area (Å²) in [6.07, 6.45) is 1.60. The van der Waals surface area contributed by atoms with Crippen molar-refractivity contribution in [3.63, 3.8) is 0 Å². The van der Waals surface area contributed by atoms with Crippen molar-refractivity contribution in [2.75, 3.05) is 6.66 Å². The van der Waals surface area contributed by atoms with Crippen LogP contribution in [0.25, 0.3) is 11.0 Å². The molecule has 1 aromatic carbocycles. The van der Waals surface area contributed by atoms with Crippen molar-refractivity contribution in [2.45, 2.75) is 0 Å². The number of rotatable bonds is 1. The number of benzene rings is 1. The molecule has 0 N–H and O–H groups in total. The van der Waals surface area contributed by atoms with Gasteiger partial charge in [-0.15, -0.1) is 0 Å². The minimum absolute atomic E-state index is 0.636. The zero-order valence-corrected chi connectivity index (χ0v) is 8.68. The van der Waals surface area contributed by atoms with Crippen molar-refractivity contribution in [2.24, 2.45) is 0 Å². The maximum atomic E-state index is 11.5. The summed E-state index contributed by atoms with van der Waals surface area (Å²) >= 11 is 5.74. The molecule has 0 radical (unpaired) electrons. The van der Waals surface area contributed by atoms with E-state index in [-0.39, 0.29) is 0 Å². The highest BCUT2D eigenvalue weighted by atomic mass is 35.7. The molecule has 1 heterocycles. The van der Waals surface area contributed by atoms with E-state index in [0.717, 1.165) is 11.0 Å². The monoisotopic (exact) mass is 214 g/mol. The van der Waals surface area contributed by atoms with E-state index in [0.29, 0.717) is 5.30 Å². The lowest BCUT2D eigenvalue weighted by atomic mass is 10.3. The maximum Gasteiger partial charge on any atom is 0.194 e. The van der Waals surface area contributed by atoms with Crippen molar-refractivity contribution >= 4 is 34.0 Å². The molecule has 1 unspecified atom stereocenters. The Bertz CT molecular complexity index is 483. The molecule has 0 spiro atoms.